The Bertz CT molecular complexity index is 308. The lowest BCUT2D eigenvalue weighted by molar-refractivity contribution is 0.123. The maximum absolute atomic E-state index is 5.50. The van der Waals surface area contributed by atoms with Crippen LogP contribution >= 0.6 is 0 Å². The highest BCUT2D eigenvalue weighted by Crippen LogP contribution is 2.08. The summed E-state index contributed by atoms with van der Waals surface area (Å²) < 4.78 is 5.50. The Hall–Kier alpha value is -1.00. The van der Waals surface area contributed by atoms with Gasteiger partial charge in [-0.3, -0.25) is 0 Å². The van der Waals surface area contributed by atoms with Gasteiger partial charge in [-0.15, -0.1) is 0 Å². The van der Waals surface area contributed by atoms with E-state index in [0.29, 0.717) is 5.92 Å². The quantitative estimate of drug-likeness (QED) is 0.770. The second kappa shape index (κ2) is 5.19. The van der Waals surface area contributed by atoms with Crippen molar-refractivity contribution < 1.29 is 4.74 Å². The van der Waals surface area contributed by atoms with Gasteiger partial charge in [-0.05, 0) is 19.4 Å². The van der Waals surface area contributed by atoms with Crippen molar-refractivity contribution in [3.63, 3.8) is 0 Å². The van der Waals surface area contributed by atoms with Crippen molar-refractivity contribution in [1.29, 1.82) is 0 Å². The van der Waals surface area contributed by atoms with E-state index < -0.39 is 0 Å². The van der Waals surface area contributed by atoms with Gasteiger partial charge < -0.3 is 10.1 Å². The minimum atomic E-state index is 0.529. The van der Waals surface area contributed by atoms with Gasteiger partial charge in [0.1, 0.15) is 6.33 Å². The summed E-state index contributed by atoms with van der Waals surface area (Å²) in [5.74, 6) is 0.529. The highest BCUT2D eigenvalue weighted by atomic mass is 16.5. The first-order valence-electron chi connectivity index (χ1n) is 5.40. The van der Waals surface area contributed by atoms with Crippen molar-refractivity contribution in [2.75, 3.05) is 26.3 Å². The molecule has 1 fully saturated rings. The van der Waals surface area contributed by atoms with Crippen LogP contribution in [0.5, 0.6) is 0 Å². The summed E-state index contributed by atoms with van der Waals surface area (Å²) in [5, 5.41) is 3.36. The fourth-order valence-corrected chi connectivity index (χ4v) is 1.81. The first-order valence-corrected chi connectivity index (χ1v) is 5.40. The lowest BCUT2D eigenvalue weighted by atomic mass is 10.0. The summed E-state index contributed by atoms with van der Waals surface area (Å²) in [6.07, 6.45) is 2.60. The molecule has 4 nitrogen and oxygen atoms in total. The molecular formula is C11H17N3O. The highest BCUT2D eigenvalue weighted by molar-refractivity contribution is 5.07. The normalized spacial score (nSPS) is 22.3. The van der Waals surface area contributed by atoms with Crippen molar-refractivity contribution in [3.8, 4) is 0 Å². The number of nitrogens with one attached hydrogen (secondary N) is 1. The van der Waals surface area contributed by atoms with Crippen LogP contribution in [0.25, 0.3) is 0 Å². The zero-order chi connectivity index (χ0) is 10.5. The topological polar surface area (TPSA) is 47.0 Å². The van der Waals surface area contributed by atoms with Gasteiger partial charge in [0.15, 0.2) is 0 Å². The van der Waals surface area contributed by atoms with Crippen molar-refractivity contribution in [1.82, 2.24) is 15.3 Å². The molecular weight excluding hydrogens is 190 g/mol. The minimum Gasteiger partial charge on any atom is -0.380 e. The highest BCUT2D eigenvalue weighted by Gasteiger charge is 2.13. The number of aromatic nitrogens is 2. The third-order valence-corrected chi connectivity index (χ3v) is 2.57. The van der Waals surface area contributed by atoms with Crippen molar-refractivity contribution in [2.24, 2.45) is 5.92 Å². The van der Waals surface area contributed by atoms with Gasteiger partial charge in [-0.1, -0.05) is 0 Å². The van der Waals surface area contributed by atoms with Crippen LogP contribution in [0.1, 0.15) is 11.4 Å². The molecule has 0 radical (unpaired) electrons. The van der Waals surface area contributed by atoms with Crippen LogP contribution in [0.15, 0.2) is 12.4 Å². The molecule has 0 bridgehead atoms. The summed E-state index contributed by atoms with van der Waals surface area (Å²) in [6, 6.07) is 2.05. The fraction of sp³-hybridized carbons (Fsp3) is 0.636. The second-order valence-corrected chi connectivity index (χ2v) is 4.00. The molecule has 0 aliphatic carbocycles. The molecule has 0 spiro atoms. The Balaban J connectivity index is 1.95. The Morgan fingerprint density at radius 1 is 1.53 bits per heavy atom. The van der Waals surface area contributed by atoms with Gasteiger partial charge in [-0.25, -0.2) is 9.97 Å². The van der Waals surface area contributed by atoms with Crippen LogP contribution in [0.4, 0.5) is 0 Å². The largest absolute Gasteiger partial charge is 0.380 e. The SMILES string of the molecule is Cc1cc(C[C@@H]2CNCCOC2)ncn1. The maximum atomic E-state index is 5.50. The van der Waals surface area contributed by atoms with Gasteiger partial charge in [0.05, 0.1) is 13.2 Å². The average Bonchev–Trinajstić information content (AvgIpc) is 2.46. The molecule has 1 aliphatic rings. The van der Waals surface area contributed by atoms with Crippen LogP contribution in [-0.4, -0.2) is 36.3 Å². The molecule has 1 N–H and O–H groups in total. The molecule has 2 heterocycles. The molecule has 1 saturated heterocycles. The van der Waals surface area contributed by atoms with Gasteiger partial charge in [0.25, 0.3) is 0 Å². The Morgan fingerprint density at radius 3 is 3.33 bits per heavy atom. The van der Waals surface area contributed by atoms with E-state index in [4.69, 9.17) is 4.74 Å². The standard InChI is InChI=1S/C11H17N3O/c1-9-4-11(14-8-13-9)5-10-6-12-2-3-15-7-10/h4,8,10,12H,2-3,5-7H2,1H3/t10-/m1/s1. The second-order valence-electron chi connectivity index (χ2n) is 4.00. The van der Waals surface area contributed by atoms with Crippen molar-refractivity contribution >= 4 is 0 Å². The summed E-state index contributed by atoms with van der Waals surface area (Å²) in [6.45, 7) is 5.62. The molecule has 1 aliphatic heterocycles. The Kier molecular flexibility index (Phi) is 3.64. The maximum Gasteiger partial charge on any atom is 0.115 e. The van der Waals surface area contributed by atoms with E-state index >= 15 is 0 Å². The number of rotatable bonds is 2. The molecule has 0 aromatic carbocycles. The molecule has 1 aromatic heterocycles. The van der Waals surface area contributed by atoms with E-state index in [9.17, 15) is 0 Å². The molecule has 0 amide bonds. The lowest BCUT2D eigenvalue weighted by Gasteiger charge is -2.12. The monoisotopic (exact) mass is 207 g/mol. The number of hydrogen-bond acceptors (Lipinski definition) is 4. The third kappa shape index (κ3) is 3.25. The number of ether oxygens (including phenoxy) is 1. The molecule has 0 unspecified atom stereocenters. The number of hydrogen-bond donors (Lipinski definition) is 1. The Labute approximate surface area is 90.1 Å². The van der Waals surface area contributed by atoms with Gasteiger partial charge in [-0.2, -0.15) is 0 Å². The molecule has 2 rings (SSSR count). The lowest BCUT2D eigenvalue weighted by Crippen LogP contribution is -2.24. The third-order valence-electron chi connectivity index (χ3n) is 2.57. The summed E-state index contributed by atoms with van der Waals surface area (Å²) >= 11 is 0. The minimum absolute atomic E-state index is 0.529. The van der Waals surface area contributed by atoms with Crippen molar-refractivity contribution in [3.05, 3.63) is 23.8 Å². The molecule has 82 valence electrons. The predicted octanol–water partition coefficient (Wildman–Crippen LogP) is 0.564. The van der Waals surface area contributed by atoms with Crippen molar-refractivity contribution in [2.45, 2.75) is 13.3 Å². The zero-order valence-electron chi connectivity index (χ0n) is 9.07. The molecule has 1 aromatic rings. The Morgan fingerprint density at radius 2 is 2.47 bits per heavy atom. The smallest absolute Gasteiger partial charge is 0.115 e. The van der Waals surface area contributed by atoms with E-state index in [1.165, 1.54) is 0 Å². The summed E-state index contributed by atoms with van der Waals surface area (Å²) in [4.78, 5) is 8.36. The van der Waals surface area contributed by atoms with E-state index in [1.54, 1.807) is 6.33 Å². The number of aryl methyl sites for hydroxylation is 1. The van der Waals surface area contributed by atoms with Crippen LogP contribution in [0, 0.1) is 12.8 Å². The molecule has 4 heteroatoms. The van der Waals surface area contributed by atoms with Crippen LogP contribution < -0.4 is 5.32 Å². The summed E-state index contributed by atoms with van der Waals surface area (Å²) in [7, 11) is 0. The summed E-state index contributed by atoms with van der Waals surface area (Å²) in [5.41, 5.74) is 2.14. The molecule has 1 atom stereocenters. The van der Waals surface area contributed by atoms with Gasteiger partial charge in [0, 0.05) is 30.4 Å². The zero-order valence-corrected chi connectivity index (χ0v) is 9.07. The first-order chi connectivity index (χ1) is 7.34. The average molecular weight is 207 g/mol. The fourth-order valence-electron chi connectivity index (χ4n) is 1.81. The van der Waals surface area contributed by atoms with E-state index in [-0.39, 0.29) is 0 Å². The van der Waals surface area contributed by atoms with Gasteiger partial charge in [0.2, 0.25) is 0 Å². The van der Waals surface area contributed by atoms with Crippen LogP contribution in [0.2, 0.25) is 0 Å². The predicted molar refractivity (Wildman–Crippen MR) is 57.7 cm³/mol. The first kappa shape index (κ1) is 10.5. The molecule has 15 heavy (non-hydrogen) atoms. The van der Waals surface area contributed by atoms with Crippen LogP contribution in [-0.2, 0) is 11.2 Å². The van der Waals surface area contributed by atoms with Gasteiger partial charge >= 0.3 is 0 Å². The van der Waals surface area contributed by atoms with Crippen LogP contribution in [0.3, 0.4) is 0 Å². The van der Waals surface area contributed by atoms with E-state index in [1.807, 2.05) is 13.0 Å². The van der Waals surface area contributed by atoms with E-state index in [2.05, 4.69) is 15.3 Å². The molecule has 0 saturated carbocycles. The number of nitrogens with zero attached hydrogens (tertiary/aromatic N) is 2. The van der Waals surface area contributed by atoms with E-state index in [0.717, 1.165) is 44.1 Å².